The maximum atomic E-state index is 13.8. The molecule has 0 aliphatic carbocycles. The van der Waals surface area contributed by atoms with Gasteiger partial charge in [-0.25, -0.2) is 8.78 Å². The van der Waals surface area contributed by atoms with Crippen LogP contribution in [0.15, 0.2) is 40.9 Å². The Bertz CT molecular complexity index is 589. The van der Waals surface area contributed by atoms with Crippen LogP contribution in [-0.2, 0) is 0 Å². The minimum atomic E-state index is -0.708. The number of alkyl halides is 1. The van der Waals surface area contributed by atoms with Crippen LogP contribution < -0.4 is 0 Å². The minimum absolute atomic E-state index is 0.0929. The second-order valence-corrected chi connectivity index (χ2v) is 6.12. The highest BCUT2D eigenvalue weighted by molar-refractivity contribution is 14.1. The molecule has 1 atom stereocenters. The van der Waals surface area contributed by atoms with Gasteiger partial charge in [0.05, 0.1) is 9.85 Å². The van der Waals surface area contributed by atoms with Crippen molar-refractivity contribution >= 4 is 50.1 Å². The predicted octanol–water partition coefficient (Wildman–Crippen LogP) is 5.66. The lowest BCUT2D eigenvalue weighted by Crippen LogP contribution is -2.00. The van der Waals surface area contributed by atoms with E-state index >= 15 is 0 Å². The average molecular weight is 443 g/mol. The highest BCUT2D eigenvalue weighted by atomic mass is 127. The normalized spacial score (nSPS) is 12.5. The summed E-state index contributed by atoms with van der Waals surface area (Å²) in [5.41, 5.74) is 0.905. The van der Waals surface area contributed by atoms with Crippen molar-refractivity contribution in [2.24, 2.45) is 0 Å². The molecule has 0 bridgehead atoms. The van der Waals surface area contributed by atoms with E-state index in [2.05, 4.69) is 38.5 Å². The largest absolute Gasteiger partial charge is 0.207 e. The predicted molar refractivity (Wildman–Crippen MR) is 80.9 cm³/mol. The summed E-state index contributed by atoms with van der Waals surface area (Å²) in [7, 11) is 0. The van der Waals surface area contributed by atoms with Crippen LogP contribution in [0.3, 0.4) is 0 Å². The molecule has 2 aromatic carbocycles. The Morgan fingerprint density at radius 1 is 1.06 bits per heavy atom. The van der Waals surface area contributed by atoms with Crippen LogP contribution in [0.1, 0.15) is 16.5 Å². The molecule has 18 heavy (non-hydrogen) atoms. The lowest BCUT2D eigenvalue weighted by Gasteiger charge is -2.13. The van der Waals surface area contributed by atoms with Gasteiger partial charge in [-0.15, -0.1) is 11.6 Å². The maximum Gasteiger partial charge on any atom is 0.137 e. The molecular formula is C13H7BrClF2I. The van der Waals surface area contributed by atoms with Crippen molar-refractivity contribution in [3.63, 3.8) is 0 Å². The van der Waals surface area contributed by atoms with Crippen LogP contribution in [0.5, 0.6) is 0 Å². The van der Waals surface area contributed by atoms with Gasteiger partial charge in [-0.1, -0.05) is 18.2 Å². The third-order valence-corrected chi connectivity index (χ3v) is 4.55. The third kappa shape index (κ3) is 2.86. The van der Waals surface area contributed by atoms with E-state index in [1.54, 1.807) is 6.07 Å². The summed E-state index contributed by atoms with van der Waals surface area (Å²) in [5.74, 6) is -1.05. The van der Waals surface area contributed by atoms with E-state index in [9.17, 15) is 8.78 Å². The Balaban J connectivity index is 2.50. The van der Waals surface area contributed by atoms with E-state index in [1.165, 1.54) is 0 Å². The van der Waals surface area contributed by atoms with E-state index in [4.69, 9.17) is 11.6 Å². The molecule has 0 nitrogen and oxygen atoms in total. The van der Waals surface area contributed by atoms with Gasteiger partial charge in [0, 0.05) is 9.13 Å². The number of rotatable bonds is 2. The smallest absolute Gasteiger partial charge is 0.137 e. The zero-order chi connectivity index (χ0) is 13.3. The molecule has 0 spiro atoms. The Kier molecular flexibility index (Phi) is 4.61. The molecule has 0 saturated heterocycles. The number of hydrogen-bond acceptors (Lipinski definition) is 0. The standard InChI is InChI=1S/C13H7BrClF2I/c14-9-6-10(16)8(5-11(9)17)13(15)7-3-1-2-4-12(7)18/h1-6,13H. The van der Waals surface area contributed by atoms with Crippen LogP contribution in [0.25, 0.3) is 0 Å². The summed E-state index contributed by atoms with van der Waals surface area (Å²) < 4.78 is 28.3. The number of halogens is 5. The van der Waals surface area contributed by atoms with E-state index in [0.717, 1.165) is 21.3 Å². The first kappa shape index (κ1) is 14.2. The Hall–Kier alpha value is -0.200. The fraction of sp³-hybridized carbons (Fsp3) is 0.0769. The molecule has 0 aliphatic rings. The summed E-state index contributed by atoms with van der Waals surface area (Å²) >= 11 is 11.3. The molecule has 0 heterocycles. The summed E-state index contributed by atoms with van der Waals surface area (Å²) in [6.45, 7) is 0. The molecule has 1 unspecified atom stereocenters. The van der Waals surface area contributed by atoms with Gasteiger partial charge in [0.25, 0.3) is 0 Å². The third-order valence-electron chi connectivity index (χ3n) is 2.49. The van der Waals surface area contributed by atoms with Gasteiger partial charge in [-0.05, 0) is 62.3 Å². The quantitative estimate of drug-likeness (QED) is 0.319. The topological polar surface area (TPSA) is 0 Å². The van der Waals surface area contributed by atoms with Crippen LogP contribution >= 0.6 is 50.1 Å². The summed E-state index contributed by atoms with van der Waals surface area (Å²) in [6, 6.07) is 9.58. The molecule has 0 N–H and O–H groups in total. The van der Waals surface area contributed by atoms with E-state index in [0.29, 0.717) is 0 Å². The molecule has 94 valence electrons. The molecular weight excluding hydrogens is 436 g/mol. The monoisotopic (exact) mass is 442 g/mol. The van der Waals surface area contributed by atoms with Gasteiger partial charge in [0.15, 0.2) is 0 Å². The molecule has 0 aromatic heterocycles. The molecule has 2 rings (SSSR count). The lowest BCUT2D eigenvalue weighted by molar-refractivity contribution is 0.582. The SMILES string of the molecule is Fc1cc(C(Cl)c2ccccc2I)c(F)cc1Br. The number of hydrogen-bond donors (Lipinski definition) is 0. The first-order valence-corrected chi connectivity index (χ1v) is 7.34. The zero-order valence-corrected chi connectivity index (χ0v) is 13.4. The minimum Gasteiger partial charge on any atom is -0.207 e. The van der Waals surface area contributed by atoms with Crippen LogP contribution in [0.2, 0.25) is 0 Å². The molecule has 5 heteroatoms. The van der Waals surface area contributed by atoms with E-state index < -0.39 is 17.0 Å². The number of benzene rings is 2. The summed E-state index contributed by atoms with van der Waals surface area (Å²) in [5, 5.41) is -0.708. The first-order chi connectivity index (χ1) is 8.50. The fourth-order valence-electron chi connectivity index (χ4n) is 1.58. The maximum absolute atomic E-state index is 13.8. The Morgan fingerprint density at radius 3 is 2.39 bits per heavy atom. The van der Waals surface area contributed by atoms with Crippen LogP contribution in [-0.4, -0.2) is 0 Å². The van der Waals surface area contributed by atoms with E-state index in [-0.39, 0.29) is 10.0 Å². The summed E-state index contributed by atoms with van der Waals surface area (Å²) in [4.78, 5) is 0. The molecule has 0 fully saturated rings. The Labute approximate surface area is 131 Å². The highest BCUT2D eigenvalue weighted by Crippen LogP contribution is 2.35. The molecule has 0 aliphatic heterocycles. The second-order valence-electron chi connectivity index (χ2n) is 3.67. The molecule has 0 radical (unpaired) electrons. The van der Waals surface area contributed by atoms with Gasteiger partial charge in [-0.3, -0.25) is 0 Å². The van der Waals surface area contributed by atoms with Crippen molar-refractivity contribution in [1.29, 1.82) is 0 Å². The summed E-state index contributed by atoms with van der Waals surface area (Å²) in [6.07, 6.45) is 0. The average Bonchev–Trinajstić information content (AvgIpc) is 2.33. The molecule has 2 aromatic rings. The zero-order valence-electron chi connectivity index (χ0n) is 8.93. The van der Waals surface area contributed by atoms with Crippen molar-refractivity contribution in [1.82, 2.24) is 0 Å². The van der Waals surface area contributed by atoms with Crippen molar-refractivity contribution in [2.75, 3.05) is 0 Å². The van der Waals surface area contributed by atoms with Gasteiger partial charge in [-0.2, -0.15) is 0 Å². The van der Waals surface area contributed by atoms with Crippen LogP contribution in [0, 0.1) is 15.2 Å². The fourth-order valence-corrected chi connectivity index (χ4v) is 3.14. The molecule has 0 amide bonds. The first-order valence-electron chi connectivity index (χ1n) is 5.03. The van der Waals surface area contributed by atoms with Crippen molar-refractivity contribution in [2.45, 2.75) is 5.38 Å². The van der Waals surface area contributed by atoms with Crippen LogP contribution in [0.4, 0.5) is 8.78 Å². The van der Waals surface area contributed by atoms with Gasteiger partial charge in [0.1, 0.15) is 11.6 Å². The second kappa shape index (κ2) is 5.84. The van der Waals surface area contributed by atoms with Gasteiger partial charge >= 0.3 is 0 Å². The van der Waals surface area contributed by atoms with E-state index in [1.807, 2.05) is 18.2 Å². The van der Waals surface area contributed by atoms with Crippen molar-refractivity contribution in [3.8, 4) is 0 Å². The highest BCUT2D eigenvalue weighted by Gasteiger charge is 2.19. The van der Waals surface area contributed by atoms with Gasteiger partial charge < -0.3 is 0 Å². The molecule has 0 saturated carbocycles. The van der Waals surface area contributed by atoms with Gasteiger partial charge in [0.2, 0.25) is 0 Å². The van der Waals surface area contributed by atoms with Crippen molar-refractivity contribution in [3.05, 3.63) is 67.2 Å². The van der Waals surface area contributed by atoms with Crippen molar-refractivity contribution < 1.29 is 8.78 Å². The lowest BCUT2D eigenvalue weighted by atomic mass is 10.0. The Morgan fingerprint density at radius 2 is 1.72 bits per heavy atom.